The first-order valence-electron chi connectivity index (χ1n) is 7.51. The minimum Gasteiger partial charge on any atom is -0.332 e. The zero-order valence-electron chi connectivity index (χ0n) is 13.1. The molecule has 6 nitrogen and oxygen atoms in total. The van der Waals surface area contributed by atoms with E-state index in [0.29, 0.717) is 12.5 Å². The Hall–Kier alpha value is -1.89. The first-order chi connectivity index (χ1) is 10.5. The van der Waals surface area contributed by atoms with Gasteiger partial charge in [0, 0.05) is 30.1 Å². The SMILES string of the molecule is Cc1nn(C)cc1[C@H](C)NC(=O)NCc1csc(C2CC2)n1. The fourth-order valence-electron chi connectivity index (χ4n) is 2.46. The zero-order valence-corrected chi connectivity index (χ0v) is 13.9. The van der Waals surface area contributed by atoms with Crippen LogP contribution in [0.4, 0.5) is 4.79 Å². The molecule has 22 heavy (non-hydrogen) atoms. The average Bonchev–Trinajstić information content (AvgIpc) is 3.11. The third kappa shape index (κ3) is 3.47. The summed E-state index contributed by atoms with van der Waals surface area (Å²) in [5.41, 5.74) is 2.90. The van der Waals surface area contributed by atoms with E-state index in [1.165, 1.54) is 17.8 Å². The highest BCUT2D eigenvalue weighted by Crippen LogP contribution is 2.41. The van der Waals surface area contributed by atoms with Crippen LogP contribution in [0.3, 0.4) is 0 Å². The summed E-state index contributed by atoms with van der Waals surface area (Å²) in [7, 11) is 1.88. The number of hydrogen-bond donors (Lipinski definition) is 2. The van der Waals surface area contributed by atoms with Crippen LogP contribution in [0.2, 0.25) is 0 Å². The van der Waals surface area contributed by atoms with Gasteiger partial charge in [0.2, 0.25) is 0 Å². The monoisotopic (exact) mass is 319 g/mol. The van der Waals surface area contributed by atoms with E-state index in [1.807, 2.05) is 32.5 Å². The summed E-state index contributed by atoms with van der Waals surface area (Å²) < 4.78 is 1.76. The van der Waals surface area contributed by atoms with Crippen LogP contribution in [0.5, 0.6) is 0 Å². The van der Waals surface area contributed by atoms with E-state index in [1.54, 1.807) is 16.0 Å². The summed E-state index contributed by atoms with van der Waals surface area (Å²) in [5, 5.41) is 13.3. The van der Waals surface area contributed by atoms with Crippen molar-refractivity contribution in [3.63, 3.8) is 0 Å². The van der Waals surface area contributed by atoms with Crippen molar-refractivity contribution in [3.05, 3.63) is 33.5 Å². The van der Waals surface area contributed by atoms with Crippen molar-refractivity contribution in [2.24, 2.45) is 7.05 Å². The molecule has 0 saturated heterocycles. The lowest BCUT2D eigenvalue weighted by Crippen LogP contribution is -2.36. The van der Waals surface area contributed by atoms with Gasteiger partial charge < -0.3 is 10.6 Å². The molecule has 0 aromatic carbocycles. The highest BCUT2D eigenvalue weighted by Gasteiger charge is 2.26. The van der Waals surface area contributed by atoms with Gasteiger partial charge in [0.25, 0.3) is 0 Å². The van der Waals surface area contributed by atoms with Gasteiger partial charge in [-0.1, -0.05) is 0 Å². The van der Waals surface area contributed by atoms with Gasteiger partial charge in [0.05, 0.1) is 29.0 Å². The number of rotatable bonds is 5. The van der Waals surface area contributed by atoms with E-state index in [-0.39, 0.29) is 12.1 Å². The second-order valence-electron chi connectivity index (χ2n) is 5.84. The largest absolute Gasteiger partial charge is 0.332 e. The number of thiazole rings is 1. The molecule has 1 saturated carbocycles. The molecule has 2 aromatic heterocycles. The molecule has 2 amide bonds. The molecule has 1 aliphatic rings. The Morgan fingerprint density at radius 1 is 1.55 bits per heavy atom. The van der Waals surface area contributed by atoms with Crippen molar-refractivity contribution in [1.29, 1.82) is 0 Å². The number of aryl methyl sites for hydroxylation is 2. The van der Waals surface area contributed by atoms with Gasteiger partial charge in [0.15, 0.2) is 0 Å². The van der Waals surface area contributed by atoms with E-state index >= 15 is 0 Å². The van der Waals surface area contributed by atoms with Crippen molar-refractivity contribution >= 4 is 17.4 Å². The van der Waals surface area contributed by atoms with Crippen molar-refractivity contribution < 1.29 is 4.79 Å². The average molecular weight is 319 g/mol. The Kier molecular flexibility index (Phi) is 4.15. The Morgan fingerprint density at radius 3 is 2.95 bits per heavy atom. The number of nitrogens with zero attached hydrogens (tertiary/aromatic N) is 3. The van der Waals surface area contributed by atoms with Crippen LogP contribution in [0.1, 0.15) is 53.7 Å². The molecule has 2 heterocycles. The van der Waals surface area contributed by atoms with Crippen LogP contribution >= 0.6 is 11.3 Å². The first kappa shape index (κ1) is 15.0. The quantitative estimate of drug-likeness (QED) is 0.890. The number of amides is 2. The fraction of sp³-hybridized carbons (Fsp3) is 0.533. The van der Waals surface area contributed by atoms with Crippen molar-refractivity contribution in [2.75, 3.05) is 0 Å². The molecule has 0 bridgehead atoms. The number of aromatic nitrogens is 3. The third-order valence-corrected chi connectivity index (χ3v) is 4.85. The normalized spacial score (nSPS) is 15.6. The summed E-state index contributed by atoms with van der Waals surface area (Å²) in [4.78, 5) is 16.6. The molecular formula is C15H21N5OS. The Bertz CT molecular complexity index is 673. The van der Waals surface area contributed by atoms with Crippen molar-refractivity contribution in [1.82, 2.24) is 25.4 Å². The summed E-state index contributed by atoms with van der Waals surface area (Å²) in [6.07, 6.45) is 4.44. The molecule has 0 aliphatic heterocycles. The van der Waals surface area contributed by atoms with Gasteiger partial charge in [-0.15, -0.1) is 11.3 Å². The second-order valence-corrected chi connectivity index (χ2v) is 6.73. The number of carbonyl (C=O) groups excluding carboxylic acids is 1. The molecule has 7 heteroatoms. The minimum absolute atomic E-state index is 0.0776. The van der Waals surface area contributed by atoms with Crippen LogP contribution in [0.15, 0.2) is 11.6 Å². The van der Waals surface area contributed by atoms with E-state index in [4.69, 9.17) is 0 Å². The standard InChI is InChI=1S/C15H21N5OS/c1-9(13-7-20(3)19-10(13)2)17-15(21)16-6-12-8-22-14(18-12)11-4-5-11/h7-9,11H,4-6H2,1-3H3,(H2,16,17,21)/t9-/m0/s1. The maximum atomic E-state index is 12.0. The van der Waals surface area contributed by atoms with E-state index in [9.17, 15) is 4.79 Å². The van der Waals surface area contributed by atoms with E-state index in [2.05, 4.69) is 20.7 Å². The predicted octanol–water partition coefficient (Wildman–Crippen LogP) is 2.62. The topological polar surface area (TPSA) is 71.8 Å². The number of hydrogen-bond acceptors (Lipinski definition) is 4. The van der Waals surface area contributed by atoms with Gasteiger partial charge in [-0.2, -0.15) is 5.10 Å². The molecule has 1 aliphatic carbocycles. The maximum Gasteiger partial charge on any atom is 0.315 e. The maximum absolute atomic E-state index is 12.0. The molecule has 118 valence electrons. The Balaban J connectivity index is 1.50. The first-order valence-corrected chi connectivity index (χ1v) is 8.39. The van der Waals surface area contributed by atoms with Crippen molar-refractivity contribution in [2.45, 2.75) is 45.2 Å². The predicted molar refractivity (Wildman–Crippen MR) is 85.8 cm³/mol. The van der Waals surface area contributed by atoms with Gasteiger partial charge in [-0.25, -0.2) is 9.78 Å². The van der Waals surface area contributed by atoms with Crippen molar-refractivity contribution in [3.8, 4) is 0 Å². The lowest BCUT2D eigenvalue weighted by atomic mass is 10.1. The summed E-state index contributed by atoms with van der Waals surface area (Å²) in [6.45, 7) is 4.37. The molecule has 1 atom stereocenters. The second kappa shape index (κ2) is 6.08. The van der Waals surface area contributed by atoms with Crippen LogP contribution in [0.25, 0.3) is 0 Å². The van der Waals surface area contributed by atoms with Crippen LogP contribution in [-0.4, -0.2) is 20.8 Å². The van der Waals surface area contributed by atoms with Crippen LogP contribution in [0, 0.1) is 6.92 Å². The van der Waals surface area contributed by atoms with Gasteiger partial charge in [-0.05, 0) is 26.7 Å². The summed E-state index contributed by atoms with van der Waals surface area (Å²) in [6, 6.07) is -0.261. The molecule has 2 N–H and O–H groups in total. The van der Waals surface area contributed by atoms with E-state index in [0.717, 1.165) is 17.0 Å². The molecule has 1 fully saturated rings. The molecule has 0 spiro atoms. The lowest BCUT2D eigenvalue weighted by Gasteiger charge is -2.13. The summed E-state index contributed by atoms with van der Waals surface area (Å²) in [5.74, 6) is 0.668. The van der Waals surface area contributed by atoms with E-state index < -0.39 is 0 Å². The fourth-order valence-corrected chi connectivity index (χ4v) is 3.45. The molecule has 0 radical (unpaired) electrons. The lowest BCUT2D eigenvalue weighted by molar-refractivity contribution is 0.237. The van der Waals surface area contributed by atoms with Crippen LogP contribution < -0.4 is 10.6 Å². The highest BCUT2D eigenvalue weighted by atomic mass is 32.1. The minimum atomic E-state index is -0.184. The number of nitrogens with one attached hydrogen (secondary N) is 2. The van der Waals surface area contributed by atoms with Gasteiger partial charge >= 0.3 is 6.03 Å². The number of carbonyl (C=O) groups is 1. The molecular weight excluding hydrogens is 298 g/mol. The molecule has 0 unspecified atom stereocenters. The zero-order chi connectivity index (χ0) is 15.7. The number of urea groups is 1. The van der Waals surface area contributed by atoms with Crippen LogP contribution in [-0.2, 0) is 13.6 Å². The summed E-state index contributed by atoms with van der Waals surface area (Å²) >= 11 is 1.69. The van der Waals surface area contributed by atoms with Gasteiger partial charge in [-0.3, -0.25) is 4.68 Å². The highest BCUT2D eigenvalue weighted by molar-refractivity contribution is 7.09. The Morgan fingerprint density at radius 2 is 2.32 bits per heavy atom. The molecule has 3 rings (SSSR count). The van der Waals surface area contributed by atoms with Gasteiger partial charge in [0.1, 0.15) is 0 Å². The Labute approximate surface area is 133 Å². The molecule has 2 aromatic rings. The smallest absolute Gasteiger partial charge is 0.315 e. The third-order valence-electron chi connectivity index (χ3n) is 3.79.